The number of phenols is 1. The van der Waals surface area contributed by atoms with Gasteiger partial charge >= 0.3 is 0 Å². The van der Waals surface area contributed by atoms with Gasteiger partial charge in [-0.1, -0.05) is 86.8 Å². The Morgan fingerprint density at radius 2 is 1.26 bits per heavy atom. The number of phenolic OH excluding ortho intramolecular Hbond substituents is 1. The normalized spacial score (nSPS) is 10.9. The van der Waals surface area contributed by atoms with Gasteiger partial charge in [0.25, 0.3) is 0 Å². The van der Waals surface area contributed by atoms with Gasteiger partial charge in [0, 0.05) is 17.2 Å². The molecule has 0 unspecified atom stereocenters. The average Bonchev–Trinajstić information content (AvgIpc) is 2.98. The molecule has 8 nitrogen and oxygen atoms in total. The first kappa shape index (κ1) is 25.0. The fourth-order valence-corrected chi connectivity index (χ4v) is 4.06. The Kier molecular flexibility index (Phi) is 7.89. The van der Waals surface area contributed by atoms with Crippen LogP contribution in [0.2, 0.25) is 0 Å². The molecule has 0 saturated heterocycles. The first-order valence-corrected chi connectivity index (χ1v) is 12.7. The van der Waals surface area contributed by atoms with Crippen LogP contribution in [0.5, 0.6) is 11.5 Å². The minimum Gasteiger partial charge on any atom is -0.507 e. The lowest BCUT2D eigenvalue weighted by Gasteiger charge is -2.14. The third-order valence-electron chi connectivity index (χ3n) is 6.03. The van der Waals surface area contributed by atoms with Gasteiger partial charge in [0.1, 0.15) is 24.2 Å². The van der Waals surface area contributed by atoms with Gasteiger partial charge in [-0.05, 0) is 12.5 Å². The maximum Gasteiger partial charge on any atom is 0.167 e. The minimum atomic E-state index is -0.00409. The molecular weight excluding hydrogens is 476 g/mol. The van der Waals surface area contributed by atoms with E-state index in [1.807, 2.05) is 60.7 Å². The first-order chi connectivity index (χ1) is 18.7. The Morgan fingerprint density at radius 1 is 0.658 bits per heavy atom. The molecule has 0 spiro atoms. The van der Waals surface area contributed by atoms with Crippen molar-refractivity contribution in [3.8, 4) is 57.1 Å². The molecule has 0 aliphatic heterocycles. The third kappa shape index (κ3) is 5.81. The topological polar surface area (TPSA) is 107 Å². The molecule has 0 amide bonds. The lowest BCUT2D eigenvalue weighted by atomic mass is 10.1. The largest absolute Gasteiger partial charge is 0.507 e. The first-order valence-electron chi connectivity index (χ1n) is 12.7. The van der Waals surface area contributed by atoms with Crippen LogP contribution in [0, 0.1) is 0 Å². The van der Waals surface area contributed by atoms with E-state index < -0.39 is 0 Å². The van der Waals surface area contributed by atoms with Crippen molar-refractivity contribution in [3.05, 3.63) is 85.5 Å². The van der Waals surface area contributed by atoms with Crippen LogP contribution in [-0.2, 0) is 0 Å². The van der Waals surface area contributed by atoms with Crippen LogP contribution in [0.3, 0.4) is 0 Å². The molecule has 5 aromatic rings. The van der Waals surface area contributed by atoms with Crippen LogP contribution in [-0.4, -0.2) is 41.6 Å². The zero-order valence-corrected chi connectivity index (χ0v) is 21.2. The molecule has 0 aliphatic rings. The molecule has 1 N–H and O–H groups in total. The fraction of sp³-hybridized carbons (Fsp3) is 0.200. The van der Waals surface area contributed by atoms with Gasteiger partial charge in [-0.3, -0.25) is 0 Å². The SMILES string of the molecule is CCCCCCOc1cc(O)c(-c2nc(-c3ccccc3)nc(-c3ccccc3)n2)cc1-c1ncncn1. The number of ether oxygens (including phenoxy) is 1. The van der Waals surface area contributed by atoms with E-state index in [4.69, 9.17) is 19.7 Å². The summed E-state index contributed by atoms with van der Waals surface area (Å²) in [6.07, 6.45) is 7.17. The number of nitrogens with zero attached hydrogens (tertiary/aromatic N) is 6. The summed E-state index contributed by atoms with van der Waals surface area (Å²) in [7, 11) is 0. The molecule has 0 radical (unpaired) electrons. The van der Waals surface area contributed by atoms with Gasteiger partial charge in [-0.2, -0.15) is 0 Å². The van der Waals surface area contributed by atoms with E-state index in [0.717, 1.165) is 36.8 Å². The summed E-state index contributed by atoms with van der Waals surface area (Å²) in [5.74, 6) is 2.27. The van der Waals surface area contributed by atoms with E-state index >= 15 is 0 Å². The van der Waals surface area contributed by atoms with Crippen LogP contribution < -0.4 is 4.74 Å². The van der Waals surface area contributed by atoms with Gasteiger partial charge in [0.2, 0.25) is 0 Å². The number of rotatable bonds is 10. The summed E-state index contributed by atoms with van der Waals surface area (Å²) >= 11 is 0. The summed E-state index contributed by atoms with van der Waals surface area (Å²) in [5.41, 5.74) is 2.74. The predicted octanol–water partition coefficient (Wildman–Crippen LogP) is 6.39. The monoisotopic (exact) mass is 504 g/mol. The van der Waals surface area contributed by atoms with Crippen LogP contribution in [0.25, 0.3) is 45.6 Å². The van der Waals surface area contributed by atoms with Crippen molar-refractivity contribution in [1.29, 1.82) is 0 Å². The van der Waals surface area contributed by atoms with Crippen molar-refractivity contribution < 1.29 is 9.84 Å². The summed E-state index contributed by atoms with van der Waals surface area (Å²) in [5, 5.41) is 11.1. The van der Waals surface area contributed by atoms with Crippen molar-refractivity contribution in [2.24, 2.45) is 0 Å². The number of aromatic hydroxyl groups is 1. The molecule has 0 saturated carbocycles. The Balaban J connectivity index is 1.62. The van der Waals surface area contributed by atoms with E-state index in [0.29, 0.717) is 46.8 Å². The molecule has 8 heteroatoms. The molecule has 0 fully saturated rings. The zero-order chi connectivity index (χ0) is 26.2. The van der Waals surface area contributed by atoms with E-state index in [1.54, 1.807) is 12.1 Å². The Hall–Kier alpha value is -4.72. The second-order valence-corrected chi connectivity index (χ2v) is 8.77. The summed E-state index contributed by atoms with van der Waals surface area (Å²) < 4.78 is 6.08. The fourth-order valence-electron chi connectivity index (χ4n) is 4.06. The van der Waals surface area contributed by atoms with Crippen LogP contribution >= 0.6 is 0 Å². The second kappa shape index (κ2) is 12.0. The summed E-state index contributed by atoms with van der Waals surface area (Å²) in [4.78, 5) is 26.8. The highest BCUT2D eigenvalue weighted by Crippen LogP contribution is 2.39. The summed E-state index contributed by atoms with van der Waals surface area (Å²) in [6, 6.07) is 22.8. The lowest BCUT2D eigenvalue weighted by Crippen LogP contribution is -2.03. The second-order valence-electron chi connectivity index (χ2n) is 8.77. The highest BCUT2D eigenvalue weighted by molar-refractivity contribution is 5.78. The minimum absolute atomic E-state index is 0.00409. The maximum atomic E-state index is 11.1. The molecule has 2 heterocycles. The maximum absolute atomic E-state index is 11.1. The van der Waals surface area contributed by atoms with Gasteiger partial charge in [-0.15, -0.1) is 0 Å². The quantitative estimate of drug-likeness (QED) is 0.218. The van der Waals surface area contributed by atoms with Crippen molar-refractivity contribution in [2.75, 3.05) is 6.61 Å². The predicted molar refractivity (Wildman–Crippen MR) is 146 cm³/mol. The third-order valence-corrected chi connectivity index (χ3v) is 6.03. The van der Waals surface area contributed by atoms with Crippen molar-refractivity contribution >= 4 is 0 Å². The smallest absolute Gasteiger partial charge is 0.167 e. The van der Waals surface area contributed by atoms with Crippen molar-refractivity contribution in [2.45, 2.75) is 32.6 Å². The van der Waals surface area contributed by atoms with E-state index in [1.165, 1.54) is 12.7 Å². The number of hydrogen-bond acceptors (Lipinski definition) is 8. The molecular formula is C30H28N6O2. The van der Waals surface area contributed by atoms with Crippen molar-refractivity contribution in [3.63, 3.8) is 0 Å². The zero-order valence-electron chi connectivity index (χ0n) is 21.2. The van der Waals surface area contributed by atoms with Crippen LogP contribution in [0.1, 0.15) is 32.6 Å². The van der Waals surface area contributed by atoms with E-state index in [-0.39, 0.29) is 5.75 Å². The van der Waals surface area contributed by atoms with Crippen LogP contribution in [0.15, 0.2) is 85.5 Å². The summed E-state index contributed by atoms with van der Waals surface area (Å²) in [6.45, 7) is 2.70. The molecule has 5 rings (SSSR count). The Bertz CT molecular complexity index is 1420. The number of hydrogen-bond donors (Lipinski definition) is 1. The number of unbranched alkanes of at least 4 members (excludes halogenated alkanes) is 3. The van der Waals surface area contributed by atoms with Crippen molar-refractivity contribution in [1.82, 2.24) is 29.9 Å². The molecule has 0 bridgehead atoms. The molecule has 2 aromatic heterocycles. The molecule has 0 aliphatic carbocycles. The van der Waals surface area contributed by atoms with E-state index in [2.05, 4.69) is 21.9 Å². The standard InChI is InChI=1S/C30H28N6O2/c1-2-3-4-11-16-38-26-18-25(37)23(17-24(26)29-32-19-31-20-33-29)30-35-27(21-12-7-5-8-13-21)34-28(36-30)22-14-9-6-10-15-22/h5-10,12-15,17-20,37H,2-4,11,16H2,1H3. The number of aromatic nitrogens is 6. The highest BCUT2D eigenvalue weighted by atomic mass is 16.5. The lowest BCUT2D eigenvalue weighted by molar-refractivity contribution is 0.304. The van der Waals surface area contributed by atoms with Crippen LogP contribution in [0.4, 0.5) is 0 Å². The molecule has 0 atom stereocenters. The van der Waals surface area contributed by atoms with E-state index in [9.17, 15) is 5.11 Å². The van der Waals surface area contributed by atoms with Gasteiger partial charge < -0.3 is 9.84 Å². The average molecular weight is 505 g/mol. The van der Waals surface area contributed by atoms with Gasteiger partial charge in [0.15, 0.2) is 23.3 Å². The Morgan fingerprint density at radius 3 is 1.87 bits per heavy atom. The molecule has 38 heavy (non-hydrogen) atoms. The highest BCUT2D eigenvalue weighted by Gasteiger charge is 2.19. The number of benzene rings is 3. The molecule has 3 aromatic carbocycles. The van der Waals surface area contributed by atoms with Gasteiger partial charge in [0.05, 0.1) is 17.7 Å². The molecule has 190 valence electrons. The Labute approximate surface area is 221 Å². The van der Waals surface area contributed by atoms with Gasteiger partial charge in [-0.25, -0.2) is 29.9 Å².